The summed E-state index contributed by atoms with van der Waals surface area (Å²) in [6.45, 7) is 3.15. The van der Waals surface area contributed by atoms with E-state index in [1.165, 1.54) is 0 Å². The molecule has 23 heavy (non-hydrogen) atoms. The second-order valence-electron chi connectivity index (χ2n) is 5.44. The lowest BCUT2D eigenvalue weighted by atomic mass is 10.2. The van der Waals surface area contributed by atoms with Crippen molar-refractivity contribution in [3.05, 3.63) is 30.1 Å². The number of hydrogen-bond donors (Lipinski definition) is 1. The van der Waals surface area contributed by atoms with Crippen LogP contribution < -0.4 is 4.90 Å². The highest BCUT2D eigenvalue weighted by Gasteiger charge is 2.36. The van der Waals surface area contributed by atoms with Gasteiger partial charge in [0.05, 0.1) is 12.1 Å². The Kier molecular flexibility index (Phi) is 4.36. The molecule has 0 unspecified atom stereocenters. The maximum atomic E-state index is 13.0. The number of alkyl halides is 3. The molecule has 2 aromatic rings. The van der Waals surface area contributed by atoms with Crippen molar-refractivity contribution in [3.8, 4) is 0 Å². The zero-order valence-electron chi connectivity index (χ0n) is 12.4. The van der Waals surface area contributed by atoms with Crippen LogP contribution in [0.3, 0.4) is 0 Å². The van der Waals surface area contributed by atoms with Crippen molar-refractivity contribution in [2.75, 3.05) is 44.2 Å². The number of piperazine rings is 1. The summed E-state index contributed by atoms with van der Waals surface area (Å²) in [5.74, 6) is -0.782. The lowest BCUT2D eigenvalue weighted by Crippen LogP contribution is -2.47. The number of aliphatic hydroxyl groups is 1. The lowest BCUT2D eigenvalue weighted by Gasteiger charge is -2.35. The molecule has 5 nitrogen and oxygen atoms in total. The summed E-state index contributed by atoms with van der Waals surface area (Å²) in [7, 11) is 0. The number of nitrogens with zero attached hydrogens (tertiary/aromatic N) is 4. The third-order valence-corrected chi connectivity index (χ3v) is 3.92. The molecule has 8 heteroatoms. The summed E-state index contributed by atoms with van der Waals surface area (Å²) in [4.78, 5) is 11.4. The van der Waals surface area contributed by atoms with Crippen molar-refractivity contribution in [3.63, 3.8) is 0 Å². The number of fused-ring (bicyclic) bond motifs is 1. The SMILES string of the molecule is OCCN1CCN(c2nc(C(F)(F)F)nc3ccccc23)CC1. The first-order valence-electron chi connectivity index (χ1n) is 7.41. The summed E-state index contributed by atoms with van der Waals surface area (Å²) >= 11 is 0. The van der Waals surface area contributed by atoms with Crippen LogP contribution in [0.2, 0.25) is 0 Å². The number of hydrogen-bond acceptors (Lipinski definition) is 5. The third-order valence-electron chi connectivity index (χ3n) is 3.92. The van der Waals surface area contributed by atoms with E-state index < -0.39 is 12.0 Å². The Labute approximate surface area is 131 Å². The average molecular weight is 326 g/mol. The molecule has 1 aliphatic heterocycles. The van der Waals surface area contributed by atoms with Gasteiger partial charge in [0.2, 0.25) is 5.82 Å². The van der Waals surface area contributed by atoms with E-state index in [0.717, 1.165) is 0 Å². The van der Waals surface area contributed by atoms with E-state index in [1.54, 1.807) is 24.3 Å². The first kappa shape index (κ1) is 15.9. The van der Waals surface area contributed by atoms with Gasteiger partial charge < -0.3 is 10.0 Å². The van der Waals surface area contributed by atoms with Crippen LogP contribution in [0.1, 0.15) is 5.82 Å². The minimum atomic E-state index is -4.57. The number of benzene rings is 1. The van der Waals surface area contributed by atoms with E-state index in [2.05, 4.69) is 14.9 Å². The Hall–Kier alpha value is -1.93. The highest BCUT2D eigenvalue weighted by Crippen LogP contribution is 2.32. The lowest BCUT2D eigenvalue weighted by molar-refractivity contribution is -0.144. The minimum absolute atomic E-state index is 0.0780. The summed E-state index contributed by atoms with van der Waals surface area (Å²) in [5.41, 5.74) is 0.294. The van der Waals surface area contributed by atoms with Crippen LogP contribution in [0.25, 0.3) is 10.9 Å². The van der Waals surface area contributed by atoms with Crippen molar-refractivity contribution in [2.45, 2.75) is 6.18 Å². The van der Waals surface area contributed by atoms with Gasteiger partial charge in [0.1, 0.15) is 5.82 Å². The second kappa shape index (κ2) is 6.29. The normalized spacial score (nSPS) is 17.0. The number of aliphatic hydroxyl groups excluding tert-OH is 1. The van der Waals surface area contributed by atoms with E-state index in [0.29, 0.717) is 49.4 Å². The fourth-order valence-electron chi connectivity index (χ4n) is 2.75. The number of rotatable bonds is 3. The average Bonchev–Trinajstić information content (AvgIpc) is 2.54. The number of halogens is 3. The summed E-state index contributed by atoms with van der Waals surface area (Å²) in [5, 5.41) is 9.59. The third kappa shape index (κ3) is 3.37. The monoisotopic (exact) mass is 326 g/mol. The predicted octanol–water partition coefficient (Wildman–Crippen LogP) is 1.76. The Morgan fingerprint density at radius 2 is 1.74 bits per heavy atom. The Morgan fingerprint density at radius 1 is 1.04 bits per heavy atom. The van der Waals surface area contributed by atoms with Crippen LogP contribution in [0.5, 0.6) is 0 Å². The molecule has 0 spiro atoms. The van der Waals surface area contributed by atoms with Crippen molar-refractivity contribution < 1.29 is 18.3 Å². The highest BCUT2D eigenvalue weighted by molar-refractivity contribution is 5.89. The molecule has 1 saturated heterocycles. The Bertz CT molecular complexity index is 684. The summed E-state index contributed by atoms with van der Waals surface area (Å²) in [6, 6.07) is 6.74. The fraction of sp³-hybridized carbons (Fsp3) is 0.467. The number of para-hydroxylation sites is 1. The molecule has 3 rings (SSSR count). The molecule has 0 bridgehead atoms. The molecule has 1 N–H and O–H groups in total. The van der Waals surface area contributed by atoms with Gasteiger partial charge >= 0.3 is 6.18 Å². The molecule has 0 amide bonds. The smallest absolute Gasteiger partial charge is 0.395 e. The van der Waals surface area contributed by atoms with Gasteiger partial charge in [0, 0.05) is 38.1 Å². The van der Waals surface area contributed by atoms with E-state index in [1.807, 2.05) is 4.90 Å². The van der Waals surface area contributed by atoms with Gasteiger partial charge in [-0.1, -0.05) is 12.1 Å². The topological polar surface area (TPSA) is 52.5 Å². The van der Waals surface area contributed by atoms with E-state index >= 15 is 0 Å². The van der Waals surface area contributed by atoms with Gasteiger partial charge in [0.25, 0.3) is 0 Å². The Morgan fingerprint density at radius 3 is 2.39 bits per heavy atom. The molecule has 0 aliphatic carbocycles. The van der Waals surface area contributed by atoms with E-state index in [9.17, 15) is 13.2 Å². The Balaban J connectivity index is 1.96. The molecule has 1 aromatic heterocycles. The van der Waals surface area contributed by atoms with E-state index in [4.69, 9.17) is 5.11 Å². The van der Waals surface area contributed by atoms with Crippen molar-refractivity contribution in [1.29, 1.82) is 0 Å². The molecule has 0 radical (unpaired) electrons. The van der Waals surface area contributed by atoms with Gasteiger partial charge in [-0.15, -0.1) is 0 Å². The maximum absolute atomic E-state index is 13.0. The first-order valence-corrected chi connectivity index (χ1v) is 7.41. The van der Waals surface area contributed by atoms with Crippen LogP contribution in [0.15, 0.2) is 24.3 Å². The zero-order chi connectivity index (χ0) is 16.4. The molecule has 0 saturated carbocycles. The fourth-order valence-corrected chi connectivity index (χ4v) is 2.75. The van der Waals surface area contributed by atoms with Crippen LogP contribution >= 0.6 is 0 Å². The molecular weight excluding hydrogens is 309 g/mol. The highest BCUT2D eigenvalue weighted by atomic mass is 19.4. The van der Waals surface area contributed by atoms with Crippen LogP contribution in [0.4, 0.5) is 19.0 Å². The first-order chi connectivity index (χ1) is 11.0. The van der Waals surface area contributed by atoms with Gasteiger partial charge in [-0.2, -0.15) is 13.2 Å². The maximum Gasteiger partial charge on any atom is 0.451 e. The van der Waals surface area contributed by atoms with Gasteiger partial charge in [-0.05, 0) is 12.1 Å². The quantitative estimate of drug-likeness (QED) is 0.931. The molecule has 1 aliphatic rings. The number of aromatic nitrogens is 2. The molecule has 1 fully saturated rings. The molecule has 0 atom stereocenters. The standard InChI is InChI=1S/C15H17F3N4O/c16-15(17,18)14-19-12-4-2-1-3-11(12)13(20-14)22-7-5-21(6-8-22)9-10-23/h1-4,23H,5-10H2. The molecule has 1 aromatic carbocycles. The van der Waals surface area contributed by atoms with Crippen molar-refractivity contribution >= 4 is 16.7 Å². The van der Waals surface area contributed by atoms with Crippen molar-refractivity contribution in [2.24, 2.45) is 0 Å². The largest absolute Gasteiger partial charge is 0.451 e. The number of anilines is 1. The van der Waals surface area contributed by atoms with Gasteiger partial charge in [-0.25, -0.2) is 9.97 Å². The van der Waals surface area contributed by atoms with Crippen LogP contribution in [-0.4, -0.2) is 59.3 Å². The van der Waals surface area contributed by atoms with Gasteiger partial charge in [0.15, 0.2) is 0 Å². The van der Waals surface area contributed by atoms with E-state index in [-0.39, 0.29) is 6.61 Å². The second-order valence-corrected chi connectivity index (χ2v) is 5.44. The van der Waals surface area contributed by atoms with Crippen LogP contribution in [0, 0.1) is 0 Å². The predicted molar refractivity (Wildman–Crippen MR) is 80.3 cm³/mol. The van der Waals surface area contributed by atoms with Gasteiger partial charge in [-0.3, -0.25) is 4.90 Å². The number of β-amino-alcohol motifs (C(OH)–C–C–N with tert-alkyl or cyclic N) is 1. The minimum Gasteiger partial charge on any atom is -0.395 e. The zero-order valence-corrected chi connectivity index (χ0v) is 12.4. The van der Waals surface area contributed by atoms with Crippen LogP contribution in [-0.2, 0) is 6.18 Å². The molecule has 2 heterocycles. The van der Waals surface area contributed by atoms with Crippen molar-refractivity contribution in [1.82, 2.24) is 14.9 Å². The summed E-state index contributed by atoms with van der Waals surface area (Å²) < 4.78 is 39.1. The summed E-state index contributed by atoms with van der Waals surface area (Å²) in [6.07, 6.45) is -4.57. The molecular formula is C15H17F3N4O. The molecule has 124 valence electrons.